The van der Waals surface area contributed by atoms with Crippen molar-refractivity contribution in [2.45, 2.75) is 168 Å². The fourth-order valence-electron chi connectivity index (χ4n) is 4.69. The van der Waals surface area contributed by atoms with E-state index in [1.54, 1.807) is 0 Å². The van der Waals surface area contributed by atoms with Gasteiger partial charge in [-0.05, 0) is 19.3 Å². The third kappa shape index (κ3) is 33.3. The molecule has 0 saturated carbocycles. The number of rotatable bonds is 28. The molecule has 0 aliphatic carbocycles. The van der Waals surface area contributed by atoms with E-state index in [2.05, 4.69) is 30.2 Å². The SMILES string of the molecule is CCCCCCCCCCC/C=C/C(CCCCCCCCCCCCCCC)COS(=O)(=O)[O-].[K+]. The number of hydrogen-bond acceptors (Lipinski definition) is 4. The molecule has 0 fully saturated rings. The van der Waals surface area contributed by atoms with Gasteiger partial charge in [0.05, 0.1) is 6.61 Å². The van der Waals surface area contributed by atoms with Crippen LogP contribution >= 0.6 is 0 Å². The van der Waals surface area contributed by atoms with Gasteiger partial charge < -0.3 is 4.55 Å². The second kappa shape index (κ2) is 30.8. The summed E-state index contributed by atoms with van der Waals surface area (Å²) in [7, 11) is -4.61. The second-order valence-corrected chi connectivity index (χ2v) is 11.6. The number of hydrogen-bond donors (Lipinski definition) is 0. The van der Waals surface area contributed by atoms with Crippen LogP contribution in [0.3, 0.4) is 0 Å². The average Bonchev–Trinajstić information content (AvgIpc) is 2.82. The van der Waals surface area contributed by atoms with E-state index in [-0.39, 0.29) is 63.9 Å². The zero-order chi connectivity index (χ0) is 25.9. The molecule has 0 aliphatic heterocycles. The maximum Gasteiger partial charge on any atom is 1.00 e. The average molecular weight is 555 g/mol. The van der Waals surface area contributed by atoms with Crippen LogP contribution in [0, 0.1) is 5.92 Å². The Balaban J connectivity index is 0. The van der Waals surface area contributed by atoms with Gasteiger partial charge in [-0.15, -0.1) is 0 Å². The van der Waals surface area contributed by atoms with E-state index in [9.17, 15) is 13.0 Å². The molecular weight excluding hydrogens is 495 g/mol. The third-order valence-electron chi connectivity index (χ3n) is 6.99. The van der Waals surface area contributed by atoms with E-state index in [0.717, 1.165) is 19.3 Å². The molecule has 0 heterocycles. The van der Waals surface area contributed by atoms with Gasteiger partial charge in [0.25, 0.3) is 0 Å². The van der Waals surface area contributed by atoms with Crippen molar-refractivity contribution < 1.29 is 68.5 Å². The molecule has 1 unspecified atom stereocenters. The summed E-state index contributed by atoms with van der Waals surface area (Å²) in [5.41, 5.74) is 0. The summed E-state index contributed by atoms with van der Waals surface area (Å²) in [5, 5.41) is 0. The molecule has 0 aromatic carbocycles. The van der Waals surface area contributed by atoms with Gasteiger partial charge in [-0.25, -0.2) is 8.42 Å². The molecular formula is C30H59KO4S. The molecule has 0 spiro atoms. The first-order valence-corrected chi connectivity index (χ1v) is 16.6. The van der Waals surface area contributed by atoms with Crippen molar-refractivity contribution >= 4 is 10.4 Å². The monoisotopic (exact) mass is 554 g/mol. The molecule has 0 aliphatic rings. The molecule has 0 bridgehead atoms. The van der Waals surface area contributed by atoms with Gasteiger partial charge in [0.15, 0.2) is 0 Å². The van der Waals surface area contributed by atoms with Crippen LogP contribution in [0.1, 0.15) is 168 Å². The Bertz CT molecular complexity index is 551. The van der Waals surface area contributed by atoms with Crippen LogP contribution in [0.15, 0.2) is 12.2 Å². The molecule has 210 valence electrons. The van der Waals surface area contributed by atoms with Gasteiger partial charge >= 0.3 is 51.4 Å². The van der Waals surface area contributed by atoms with Crippen molar-refractivity contribution in [3.63, 3.8) is 0 Å². The first-order chi connectivity index (χ1) is 17.0. The van der Waals surface area contributed by atoms with Crippen LogP contribution in [0.25, 0.3) is 0 Å². The Morgan fingerprint density at radius 2 is 0.972 bits per heavy atom. The van der Waals surface area contributed by atoms with Crippen molar-refractivity contribution in [3.05, 3.63) is 12.2 Å². The summed E-state index contributed by atoms with van der Waals surface area (Å²) in [6, 6.07) is 0. The van der Waals surface area contributed by atoms with Gasteiger partial charge in [0, 0.05) is 5.92 Å². The molecule has 1 atom stereocenters. The minimum Gasteiger partial charge on any atom is -0.726 e. The molecule has 0 saturated heterocycles. The fourth-order valence-corrected chi connectivity index (χ4v) is 5.03. The molecule has 0 rings (SSSR count). The van der Waals surface area contributed by atoms with Crippen LogP contribution in [0.4, 0.5) is 0 Å². The summed E-state index contributed by atoms with van der Waals surface area (Å²) in [5.74, 6) is 0.0185. The summed E-state index contributed by atoms with van der Waals surface area (Å²) in [6.07, 6.45) is 35.1. The van der Waals surface area contributed by atoms with Gasteiger partial charge in [-0.1, -0.05) is 161 Å². The van der Waals surface area contributed by atoms with E-state index in [0.29, 0.717) is 0 Å². The van der Waals surface area contributed by atoms with Gasteiger partial charge in [-0.2, -0.15) is 0 Å². The van der Waals surface area contributed by atoms with E-state index in [1.807, 2.05) is 0 Å². The second-order valence-electron chi connectivity index (χ2n) is 10.5. The molecule has 0 radical (unpaired) electrons. The van der Waals surface area contributed by atoms with E-state index < -0.39 is 10.4 Å². The topological polar surface area (TPSA) is 66.4 Å². The van der Waals surface area contributed by atoms with E-state index >= 15 is 0 Å². The Kier molecular flexibility index (Phi) is 33.7. The van der Waals surface area contributed by atoms with E-state index in [4.69, 9.17) is 0 Å². The molecule has 0 aromatic heterocycles. The van der Waals surface area contributed by atoms with Crippen molar-refractivity contribution in [3.8, 4) is 0 Å². The zero-order valence-corrected chi connectivity index (χ0v) is 28.4. The van der Waals surface area contributed by atoms with Crippen LogP contribution in [0.5, 0.6) is 0 Å². The minimum atomic E-state index is -4.61. The fraction of sp³-hybridized carbons (Fsp3) is 0.933. The zero-order valence-electron chi connectivity index (χ0n) is 24.5. The van der Waals surface area contributed by atoms with Crippen molar-refractivity contribution in [2.24, 2.45) is 5.92 Å². The van der Waals surface area contributed by atoms with Gasteiger partial charge in [-0.3, -0.25) is 4.18 Å². The summed E-state index contributed by atoms with van der Waals surface area (Å²) < 4.78 is 37.2. The first-order valence-electron chi connectivity index (χ1n) is 15.3. The van der Waals surface area contributed by atoms with E-state index in [1.165, 1.54) is 135 Å². The molecule has 4 nitrogen and oxygen atoms in total. The Morgan fingerprint density at radius 3 is 1.36 bits per heavy atom. The summed E-state index contributed by atoms with van der Waals surface area (Å²) in [6.45, 7) is 4.50. The third-order valence-corrected chi connectivity index (χ3v) is 7.41. The van der Waals surface area contributed by atoms with Gasteiger partial charge in [0.2, 0.25) is 10.4 Å². The van der Waals surface area contributed by atoms with Crippen LogP contribution in [0.2, 0.25) is 0 Å². The van der Waals surface area contributed by atoms with Gasteiger partial charge in [0.1, 0.15) is 0 Å². The normalized spacial score (nSPS) is 12.8. The van der Waals surface area contributed by atoms with Crippen LogP contribution in [-0.4, -0.2) is 19.6 Å². The largest absolute Gasteiger partial charge is 1.00 e. The maximum absolute atomic E-state index is 10.9. The number of allylic oxidation sites excluding steroid dienone is 1. The Labute approximate surface area is 269 Å². The molecule has 6 heteroatoms. The van der Waals surface area contributed by atoms with Crippen LogP contribution < -0.4 is 51.4 Å². The number of unbranched alkanes of at least 4 members (excludes halogenated alkanes) is 21. The Morgan fingerprint density at radius 1 is 0.611 bits per heavy atom. The molecule has 0 aromatic rings. The van der Waals surface area contributed by atoms with Crippen molar-refractivity contribution in [1.82, 2.24) is 0 Å². The summed E-state index contributed by atoms with van der Waals surface area (Å²) in [4.78, 5) is 0. The first kappa shape index (κ1) is 39.4. The molecule has 0 N–H and O–H groups in total. The Hall–Kier alpha value is 1.25. The summed E-state index contributed by atoms with van der Waals surface area (Å²) >= 11 is 0. The minimum absolute atomic E-state index is 0. The van der Waals surface area contributed by atoms with Crippen molar-refractivity contribution in [1.29, 1.82) is 0 Å². The smallest absolute Gasteiger partial charge is 0.726 e. The van der Waals surface area contributed by atoms with Crippen molar-refractivity contribution in [2.75, 3.05) is 6.61 Å². The quantitative estimate of drug-likeness (QED) is 0.0342. The molecule has 0 amide bonds. The standard InChI is InChI=1S/C30H60O4S.K/c1-3-5-7-9-11-13-15-16-18-20-22-24-26-28-30(29-34-35(31,32)33)27-25-23-21-19-17-14-12-10-8-6-4-2;/h25,27,30H,3-24,26,28-29H2,1-2H3,(H,31,32,33);/q;+1/p-1/b27-25+;. The predicted octanol–water partition coefficient (Wildman–Crippen LogP) is 7.04. The maximum atomic E-state index is 10.9. The predicted molar refractivity (Wildman–Crippen MR) is 150 cm³/mol. The molecule has 36 heavy (non-hydrogen) atoms. The van der Waals surface area contributed by atoms with Crippen LogP contribution in [-0.2, 0) is 14.6 Å².